The molecule has 3 heterocycles. The number of rotatable bonds is 3. The molecule has 0 bridgehead atoms. The third kappa shape index (κ3) is 3.60. The summed E-state index contributed by atoms with van der Waals surface area (Å²) < 4.78 is 28.9. The number of nitrogens with zero attached hydrogens (tertiary/aromatic N) is 4. The highest BCUT2D eigenvalue weighted by Crippen LogP contribution is 2.27. The van der Waals surface area contributed by atoms with Gasteiger partial charge in [-0.25, -0.2) is 8.42 Å². The summed E-state index contributed by atoms with van der Waals surface area (Å²) in [5, 5.41) is 4.05. The largest absolute Gasteiger partial charge is 0.342 e. The van der Waals surface area contributed by atoms with Gasteiger partial charge in [-0.1, -0.05) is 6.92 Å². The van der Waals surface area contributed by atoms with E-state index in [0.717, 1.165) is 38.8 Å². The second kappa shape index (κ2) is 7.07. The van der Waals surface area contributed by atoms with Crippen LogP contribution < -0.4 is 0 Å². The summed E-state index contributed by atoms with van der Waals surface area (Å²) in [5.74, 6) is 0.560. The molecule has 0 spiro atoms. The first-order chi connectivity index (χ1) is 11.8. The highest BCUT2D eigenvalue weighted by molar-refractivity contribution is 7.89. The number of piperidine rings is 2. The van der Waals surface area contributed by atoms with Crippen LogP contribution in [-0.4, -0.2) is 59.5 Å². The molecule has 1 aromatic rings. The molecule has 25 heavy (non-hydrogen) atoms. The summed E-state index contributed by atoms with van der Waals surface area (Å²) in [6.07, 6.45) is 4.97. The van der Waals surface area contributed by atoms with Gasteiger partial charge in [-0.2, -0.15) is 9.40 Å². The van der Waals surface area contributed by atoms with Crippen LogP contribution in [0.3, 0.4) is 0 Å². The lowest BCUT2D eigenvalue weighted by atomic mass is 9.94. The first-order valence-corrected chi connectivity index (χ1v) is 10.5. The number of aromatic nitrogens is 2. The van der Waals surface area contributed by atoms with Crippen LogP contribution in [0.25, 0.3) is 0 Å². The van der Waals surface area contributed by atoms with Gasteiger partial charge in [0.05, 0.1) is 17.8 Å². The van der Waals surface area contributed by atoms with E-state index >= 15 is 0 Å². The van der Waals surface area contributed by atoms with Gasteiger partial charge in [-0.15, -0.1) is 0 Å². The molecule has 7 nitrogen and oxygen atoms in total. The van der Waals surface area contributed by atoms with Gasteiger partial charge in [-0.05, 0) is 38.5 Å². The van der Waals surface area contributed by atoms with Crippen LogP contribution in [-0.2, 0) is 21.9 Å². The molecule has 0 N–H and O–H groups in total. The van der Waals surface area contributed by atoms with Crippen molar-refractivity contribution in [3.8, 4) is 0 Å². The third-order valence-electron chi connectivity index (χ3n) is 5.64. The van der Waals surface area contributed by atoms with Crippen LogP contribution in [0.5, 0.6) is 0 Å². The molecular formula is C17H28N4O3S. The fourth-order valence-corrected chi connectivity index (χ4v) is 5.43. The van der Waals surface area contributed by atoms with Crippen molar-refractivity contribution in [2.45, 2.75) is 44.4 Å². The third-order valence-corrected chi connectivity index (χ3v) is 7.60. The quantitative estimate of drug-likeness (QED) is 0.808. The van der Waals surface area contributed by atoms with E-state index in [1.165, 1.54) is 10.5 Å². The summed E-state index contributed by atoms with van der Waals surface area (Å²) in [7, 11) is -1.87. The van der Waals surface area contributed by atoms with Crippen molar-refractivity contribution >= 4 is 15.9 Å². The second-order valence-corrected chi connectivity index (χ2v) is 9.33. The Kier molecular flexibility index (Phi) is 5.20. The van der Waals surface area contributed by atoms with E-state index in [9.17, 15) is 13.2 Å². The molecule has 0 unspecified atom stereocenters. The Hall–Kier alpha value is -1.41. The van der Waals surface area contributed by atoms with Crippen molar-refractivity contribution in [3.05, 3.63) is 11.9 Å². The summed E-state index contributed by atoms with van der Waals surface area (Å²) in [6, 6.07) is 0. The first kappa shape index (κ1) is 18.4. The molecule has 1 aromatic heterocycles. The Morgan fingerprint density at radius 2 is 1.88 bits per heavy atom. The SMILES string of the molecule is Cc1c(S(=O)(=O)N2CCC[C@H](C(=O)N3CCC(C)CC3)C2)cnn1C. The first-order valence-electron chi connectivity index (χ1n) is 9.08. The van der Waals surface area contributed by atoms with Gasteiger partial charge >= 0.3 is 0 Å². The van der Waals surface area contributed by atoms with E-state index in [2.05, 4.69) is 12.0 Å². The van der Waals surface area contributed by atoms with E-state index in [0.29, 0.717) is 18.2 Å². The summed E-state index contributed by atoms with van der Waals surface area (Å²) in [5.41, 5.74) is 0.624. The van der Waals surface area contributed by atoms with Crippen LogP contribution in [0.4, 0.5) is 0 Å². The summed E-state index contributed by atoms with van der Waals surface area (Å²) in [6.45, 7) is 6.31. The minimum atomic E-state index is -3.60. The zero-order valence-electron chi connectivity index (χ0n) is 15.3. The van der Waals surface area contributed by atoms with Crippen molar-refractivity contribution in [2.24, 2.45) is 18.9 Å². The molecule has 0 aliphatic carbocycles. The van der Waals surface area contributed by atoms with Gasteiger partial charge in [0.1, 0.15) is 4.90 Å². The number of amides is 1. The van der Waals surface area contributed by atoms with E-state index in [4.69, 9.17) is 0 Å². The lowest BCUT2D eigenvalue weighted by molar-refractivity contribution is -0.138. The number of hydrogen-bond acceptors (Lipinski definition) is 4. The minimum Gasteiger partial charge on any atom is -0.342 e. The molecule has 0 saturated carbocycles. The molecule has 3 rings (SSSR count). The maximum atomic E-state index is 13.0. The predicted molar refractivity (Wildman–Crippen MR) is 94.4 cm³/mol. The number of carbonyl (C=O) groups is 1. The van der Waals surface area contributed by atoms with Crippen molar-refractivity contribution < 1.29 is 13.2 Å². The van der Waals surface area contributed by atoms with Crippen molar-refractivity contribution in [3.63, 3.8) is 0 Å². The normalized spacial score (nSPS) is 23.8. The Morgan fingerprint density at radius 1 is 1.20 bits per heavy atom. The fourth-order valence-electron chi connectivity index (χ4n) is 3.72. The molecule has 2 aliphatic heterocycles. The number of hydrogen-bond donors (Lipinski definition) is 0. The van der Waals surface area contributed by atoms with E-state index in [-0.39, 0.29) is 23.3 Å². The van der Waals surface area contributed by atoms with Gasteiger partial charge in [0.25, 0.3) is 0 Å². The van der Waals surface area contributed by atoms with Crippen molar-refractivity contribution in [1.29, 1.82) is 0 Å². The van der Waals surface area contributed by atoms with Crippen LogP contribution in [0, 0.1) is 18.8 Å². The molecule has 8 heteroatoms. The Balaban J connectivity index is 1.72. The second-order valence-electron chi connectivity index (χ2n) is 7.43. The van der Waals surface area contributed by atoms with Gasteiger partial charge in [-0.3, -0.25) is 9.48 Å². The Labute approximate surface area is 150 Å². The highest BCUT2D eigenvalue weighted by Gasteiger charge is 2.36. The molecule has 140 valence electrons. The van der Waals surface area contributed by atoms with Gasteiger partial charge in [0.2, 0.25) is 15.9 Å². The number of aryl methyl sites for hydroxylation is 1. The minimum absolute atomic E-state index is 0.120. The topological polar surface area (TPSA) is 75.5 Å². The Bertz CT molecular complexity index is 735. The fraction of sp³-hybridized carbons (Fsp3) is 0.765. The van der Waals surface area contributed by atoms with E-state index in [1.54, 1.807) is 18.7 Å². The van der Waals surface area contributed by atoms with Crippen LogP contribution in [0.2, 0.25) is 0 Å². The number of sulfonamides is 1. The van der Waals surface area contributed by atoms with Gasteiger partial charge in [0, 0.05) is 33.2 Å². The molecule has 0 aromatic carbocycles. The average molecular weight is 369 g/mol. The molecule has 2 fully saturated rings. The van der Waals surface area contributed by atoms with Crippen LogP contribution >= 0.6 is 0 Å². The molecule has 2 aliphatic rings. The molecular weight excluding hydrogens is 340 g/mol. The van der Waals surface area contributed by atoms with Crippen molar-refractivity contribution in [1.82, 2.24) is 19.0 Å². The maximum absolute atomic E-state index is 13.0. The van der Waals surface area contributed by atoms with Crippen molar-refractivity contribution in [2.75, 3.05) is 26.2 Å². The van der Waals surface area contributed by atoms with E-state index < -0.39 is 10.0 Å². The monoisotopic (exact) mass is 368 g/mol. The zero-order chi connectivity index (χ0) is 18.2. The van der Waals surface area contributed by atoms with Gasteiger partial charge < -0.3 is 4.90 Å². The smallest absolute Gasteiger partial charge is 0.246 e. The predicted octanol–water partition coefficient (Wildman–Crippen LogP) is 1.39. The number of likely N-dealkylation sites (tertiary alicyclic amines) is 1. The van der Waals surface area contributed by atoms with Gasteiger partial charge in [0.15, 0.2) is 0 Å². The van der Waals surface area contributed by atoms with E-state index in [1.807, 2.05) is 4.90 Å². The lowest BCUT2D eigenvalue weighted by Crippen LogP contribution is -2.48. The summed E-state index contributed by atoms with van der Waals surface area (Å²) >= 11 is 0. The average Bonchev–Trinajstić information content (AvgIpc) is 2.95. The zero-order valence-corrected chi connectivity index (χ0v) is 16.1. The molecule has 1 atom stereocenters. The molecule has 2 saturated heterocycles. The Morgan fingerprint density at radius 3 is 2.48 bits per heavy atom. The lowest BCUT2D eigenvalue weighted by Gasteiger charge is -2.36. The standard InChI is InChI=1S/C17H28N4O3S/c1-13-6-9-20(10-7-13)17(22)15-5-4-8-21(12-15)25(23,24)16-11-18-19(3)14(16)2/h11,13,15H,4-10,12H2,1-3H3/t15-/m0/s1. The maximum Gasteiger partial charge on any atom is 0.246 e. The number of carbonyl (C=O) groups excluding carboxylic acids is 1. The molecule has 0 radical (unpaired) electrons. The highest BCUT2D eigenvalue weighted by atomic mass is 32.2. The van der Waals surface area contributed by atoms with Crippen LogP contribution in [0.15, 0.2) is 11.1 Å². The molecule has 1 amide bonds. The summed E-state index contributed by atoms with van der Waals surface area (Å²) in [4.78, 5) is 15.0. The van der Waals surface area contributed by atoms with Crippen LogP contribution in [0.1, 0.15) is 38.3 Å².